The zero-order valence-corrected chi connectivity index (χ0v) is 19.8. The zero-order valence-electron chi connectivity index (χ0n) is 19.8. The monoisotopic (exact) mass is 474 g/mol. The molecule has 3 rings (SSSR count). The van der Waals surface area contributed by atoms with Gasteiger partial charge in [-0.15, -0.1) is 0 Å². The van der Waals surface area contributed by atoms with Gasteiger partial charge in [0.15, 0.2) is 0 Å². The van der Waals surface area contributed by atoms with E-state index in [-0.39, 0.29) is 30.3 Å². The number of ether oxygens (including phenoxy) is 1. The Labute approximate surface area is 205 Å². The topological polar surface area (TPSA) is 109 Å². The second kappa shape index (κ2) is 12.9. The summed E-state index contributed by atoms with van der Waals surface area (Å²) in [5.41, 5.74) is 3.24. The summed E-state index contributed by atoms with van der Waals surface area (Å²) in [4.78, 5) is 37.0. The molecule has 0 saturated heterocycles. The predicted octanol–water partition coefficient (Wildman–Crippen LogP) is 3.60. The number of hydrogen-bond donors (Lipinski definition) is 4. The van der Waals surface area contributed by atoms with Crippen molar-refractivity contribution >= 4 is 29.1 Å². The van der Waals surface area contributed by atoms with Gasteiger partial charge in [0.2, 0.25) is 5.91 Å². The van der Waals surface area contributed by atoms with Crippen LogP contribution in [0.2, 0.25) is 0 Å². The van der Waals surface area contributed by atoms with Crippen molar-refractivity contribution in [1.82, 2.24) is 10.6 Å². The van der Waals surface area contributed by atoms with E-state index in [0.717, 1.165) is 5.56 Å². The molecule has 8 nitrogen and oxygen atoms in total. The number of amides is 3. The molecule has 0 aliphatic heterocycles. The lowest BCUT2D eigenvalue weighted by molar-refractivity contribution is -0.114. The first-order valence-electron chi connectivity index (χ1n) is 11.3. The van der Waals surface area contributed by atoms with Crippen molar-refractivity contribution in [3.63, 3.8) is 0 Å². The molecular formula is C27H30N4O4. The van der Waals surface area contributed by atoms with Crippen LogP contribution in [0.15, 0.2) is 78.9 Å². The minimum Gasteiger partial charge on any atom is -0.383 e. The van der Waals surface area contributed by atoms with Gasteiger partial charge in [0.1, 0.15) is 0 Å². The van der Waals surface area contributed by atoms with Gasteiger partial charge in [-0.1, -0.05) is 36.4 Å². The number of benzene rings is 3. The second-order valence-electron chi connectivity index (χ2n) is 7.91. The normalized spacial score (nSPS) is 11.3. The Morgan fingerprint density at radius 2 is 1.57 bits per heavy atom. The summed E-state index contributed by atoms with van der Waals surface area (Å²) >= 11 is 0. The van der Waals surface area contributed by atoms with Gasteiger partial charge in [-0.25, -0.2) is 0 Å². The lowest BCUT2D eigenvalue weighted by Crippen LogP contribution is -2.27. The van der Waals surface area contributed by atoms with Crippen molar-refractivity contribution < 1.29 is 19.1 Å². The smallest absolute Gasteiger partial charge is 0.251 e. The van der Waals surface area contributed by atoms with E-state index >= 15 is 0 Å². The Balaban J connectivity index is 1.47. The maximum atomic E-state index is 12.5. The Bertz CT molecular complexity index is 1130. The third-order valence-corrected chi connectivity index (χ3v) is 5.25. The largest absolute Gasteiger partial charge is 0.383 e. The van der Waals surface area contributed by atoms with E-state index in [0.29, 0.717) is 35.7 Å². The first kappa shape index (κ1) is 25.5. The van der Waals surface area contributed by atoms with Gasteiger partial charge in [0, 0.05) is 36.2 Å². The van der Waals surface area contributed by atoms with E-state index in [9.17, 15) is 14.4 Å². The summed E-state index contributed by atoms with van der Waals surface area (Å²) < 4.78 is 4.92. The van der Waals surface area contributed by atoms with Crippen LogP contribution in [-0.2, 0) is 9.53 Å². The molecule has 0 heterocycles. The number of nitrogens with one attached hydrogen (secondary N) is 4. The number of rotatable bonds is 11. The maximum absolute atomic E-state index is 12.5. The van der Waals surface area contributed by atoms with E-state index in [2.05, 4.69) is 21.3 Å². The number of carbonyl (C=O) groups is 3. The van der Waals surface area contributed by atoms with Gasteiger partial charge >= 0.3 is 0 Å². The van der Waals surface area contributed by atoms with E-state index in [4.69, 9.17) is 4.74 Å². The highest BCUT2D eigenvalue weighted by atomic mass is 16.5. The fraction of sp³-hybridized carbons (Fsp3) is 0.222. The van der Waals surface area contributed by atoms with E-state index in [1.807, 2.05) is 37.3 Å². The predicted molar refractivity (Wildman–Crippen MR) is 137 cm³/mol. The summed E-state index contributed by atoms with van der Waals surface area (Å²) in [6, 6.07) is 23.3. The molecule has 182 valence electrons. The minimum absolute atomic E-state index is 0.0286. The van der Waals surface area contributed by atoms with Crippen LogP contribution in [0.25, 0.3) is 0 Å². The number of hydrogen-bond acceptors (Lipinski definition) is 5. The van der Waals surface area contributed by atoms with Crippen molar-refractivity contribution in [3.8, 4) is 0 Å². The standard InChI is InChI=1S/C27H30N4O4/c1-19(20-7-4-3-5-8-20)30-27(34)21-11-13-23(14-12-21)29-18-25(32)31-24-10-6-9-22(17-24)26(33)28-15-16-35-2/h3-14,17,19,29H,15-16,18H2,1-2H3,(H,28,33)(H,30,34)(H,31,32). The van der Waals surface area contributed by atoms with Crippen LogP contribution >= 0.6 is 0 Å². The molecule has 0 aliphatic carbocycles. The van der Waals surface area contributed by atoms with Crippen LogP contribution in [0.4, 0.5) is 11.4 Å². The molecule has 3 amide bonds. The maximum Gasteiger partial charge on any atom is 0.251 e. The molecule has 0 bridgehead atoms. The average Bonchev–Trinajstić information content (AvgIpc) is 2.88. The van der Waals surface area contributed by atoms with Crippen molar-refractivity contribution in [1.29, 1.82) is 0 Å². The van der Waals surface area contributed by atoms with Gasteiger partial charge < -0.3 is 26.0 Å². The molecule has 4 N–H and O–H groups in total. The molecular weight excluding hydrogens is 444 g/mol. The summed E-state index contributed by atoms with van der Waals surface area (Å²) in [5.74, 6) is -0.671. The van der Waals surface area contributed by atoms with Crippen LogP contribution < -0.4 is 21.3 Å². The SMILES string of the molecule is COCCNC(=O)c1cccc(NC(=O)CNc2ccc(C(=O)NC(C)c3ccccc3)cc2)c1. The highest BCUT2D eigenvalue weighted by Crippen LogP contribution is 2.15. The van der Waals surface area contributed by atoms with Crippen molar-refractivity contribution in [3.05, 3.63) is 95.6 Å². The van der Waals surface area contributed by atoms with Gasteiger partial charge in [0.05, 0.1) is 19.2 Å². The Hall–Kier alpha value is -4.17. The van der Waals surface area contributed by atoms with Gasteiger partial charge in [0.25, 0.3) is 11.8 Å². The molecule has 0 aromatic heterocycles. The molecule has 3 aromatic rings. The van der Waals surface area contributed by atoms with Gasteiger partial charge in [-0.05, 0) is 55.0 Å². The second-order valence-corrected chi connectivity index (χ2v) is 7.91. The van der Waals surface area contributed by atoms with Crippen molar-refractivity contribution in [2.24, 2.45) is 0 Å². The molecule has 3 aromatic carbocycles. The fourth-order valence-electron chi connectivity index (χ4n) is 3.34. The molecule has 0 aliphatic rings. The van der Waals surface area contributed by atoms with Crippen LogP contribution in [0.1, 0.15) is 39.2 Å². The number of anilines is 2. The van der Waals surface area contributed by atoms with Crippen LogP contribution in [0, 0.1) is 0 Å². The van der Waals surface area contributed by atoms with Crippen LogP contribution in [0.5, 0.6) is 0 Å². The highest BCUT2D eigenvalue weighted by molar-refractivity contribution is 5.98. The van der Waals surface area contributed by atoms with Gasteiger partial charge in [-0.2, -0.15) is 0 Å². The molecule has 8 heteroatoms. The van der Waals surface area contributed by atoms with E-state index < -0.39 is 0 Å². The Kier molecular flexibility index (Phi) is 9.39. The third-order valence-electron chi connectivity index (χ3n) is 5.25. The average molecular weight is 475 g/mol. The summed E-state index contributed by atoms with van der Waals surface area (Å²) in [7, 11) is 1.56. The summed E-state index contributed by atoms with van der Waals surface area (Å²) in [5, 5.41) is 11.5. The lowest BCUT2D eigenvalue weighted by Gasteiger charge is -2.14. The van der Waals surface area contributed by atoms with E-state index in [1.54, 1.807) is 55.6 Å². The van der Waals surface area contributed by atoms with Crippen molar-refractivity contribution in [2.45, 2.75) is 13.0 Å². The summed E-state index contributed by atoms with van der Waals surface area (Å²) in [6.45, 7) is 2.79. The number of carbonyl (C=O) groups excluding carboxylic acids is 3. The zero-order chi connectivity index (χ0) is 25.0. The Morgan fingerprint density at radius 3 is 2.29 bits per heavy atom. The molecule has 1 atom stereocenters. The molecule has 0 fully saturated rings. The lowest BCUT2D eigenvalue weighted by atomic mass is 10.1. The van der Waals surface area contributed by atoms with Gasteiger partial charge in [-0.3, -0.25) is 14.4 Å². The summed E-state index contributed by atoms with van der Waals surface area (Å²) in [6.07, 6.45) is 0. The first-order chi connectivity index (χ1) is 17.0. The molecule has 0 radical (unpaired) electrons. The molecule has 0 spiro atoms. The number of methoxy groups -OCH3 is 1. The highest BCUT2D eigenvalue weighted by Gasteiger charge is 2.12. The van der Waals surface area contributed by atoms with Crippen LogP contribution in [0.3, 0.4) is 0 Å². The third kappa shape index (κ3) is 7.97. The van der Waals surface area contributed by atoms with Crippen molar-refractivity contribution in [2.75, 3.05) is 37.4 Å². The fourth-order valence-corrected chi connectivity index (χ4v) is 3.34. The van der Waals surface area contributed by atoms with Crippen LogP contribution in [-0.4, -0.2) is 44.5 Å². The quantitative estimate of drug-likeness (QED) is 0.318. The minimum atomic E-state index is -0.263. The molecule has 0 saturated carbocycles. The van der Waals surface area contributed by atoms with E-state index in [1.165, 1.54) is 0 Å². The Morgan fingerprint density at radius 1 is 0.829 bits per heavy atom. The molecule has 1 unspecified atom stereocenters. The molecule has 35 heavy (non-hydrogen) atoms. The first-order valence-corrected chi connectivity index (χ1v) is 11.3.